The zero-order valence-electron chi connectivity index (χ0n) is 12.2. The van der Waals surface area contributed by atoms with Gasteiger partial charge in [0.1, 0.15) is 0 Å². The lowest BCUT2D eigenvalue weighted by Crippen LogP contribution is -2.38. The van der Waals surface area contributed by atoms with Gasteiger partial charge in [0.05, 0.1) is 5.25 Å². The summed E-state index contributed by atoms with van der Waals surface area (Å²) in [6.07, 6.45) is 4.45. The number of amides is 1. The van der Waals surface area contributed by atoms with Gasteiger partial charge in [0.15, 0.2) is 0 Å². The molecule has 1 aliphatic rings. The van der Waals surface area contributed by atoms with Crippen molar-refractivity contribution in [2.45, 2.75) is 44.4 Å². The zero-order valence-corrected chi connectivity index (χ0v) is 13.0. The molecule has 20 heavy (non-hydrogen) atoms. The molecular formula is C16H24N2OS. The van der Waals surface area contributed by atoms with Gasteiger partial charge < -0.3 is 10.6 Å². The van der Waals surface area contributed by atoms with Crippen LogP contribution in [0.3, 0.4) is 0 Å². The van der Waals surface area contributed by atoms with Crippen LogP contribution < -0.4 is 5.73 Å². The van der Waals surface area contributed by atoms with Gasteiger partial charge in [0.25, 0.3) is 0 Å². The van der Waals surface area contributed by atoms with Crippen molar-refractivity contribution in [1.29, 1.82) is 0 Å². The predicted octanol–water partition coefficient (Wildman–Crippen LogP) is 3.29. The first-order valence-electron chi connectivity index (χ1n) is 7.45. The average Bonchev–Trinajstić information content (AvgIpc) is 2.47. The molecule has 0 bridgehead atoms. The maximum absolute atomic E-state index is 12.7. The molecule has 1 aliphatic heterocycles. The van der Waals surface area contributed by atoms with Crippen LogP contribution in [0.2, 0.25) is 0 Å². The molecule has 1 saturated heterocycles. The van der Waals surface area contributed by atoms with Crippen LogP contribution in [0.5, 0.6) is 0 Å². The van der Waals surface area contributed by atoms with Crippen LogP contribution in [0.4, 0.5) is 5.69 Å². The Balaban J connectivity index is 2.03. The lowest BCUT2D eigenvalue weighted by atomic mass is 10.1. The molecule has 1 aromatic carbocycles. The molecule has 1 aromatic rings. The summed E-state index contributed by atoms with van der Waals surface area (Å²) in [4.78, 5) is 14.6. The number of carbonyl (C=O) groups excluding carboxylic acids is 1. The predicted molar refractivity (Wildman–Crippen MR) is 86.7 cm³/mol. The molecule has 1 unspecified atom stereocenters. The summed E-state index contributed by atoms with van der Waals surface area (Å²) in [7, 11) is 0. The van der Waals surface area contributed by atoms with E-state index in [1.165, 1.54) is 12.8 Å². The highest BCUT2D eigenvalue weighted by Gasteiger charge is 2.26. The summed E-state index contributed by atoms with van der Waals surface area (Å²) < 4.78 is 0. The molecule has 2 N–H and O–H groups in total. The molecular weight excluding hydrogens is 268 g/mol. The van der Waals surface area contributed by atoms with E-state index in [1.54, 1.807) is 0 Å². The summed E-state index contributed by atoms with van der Waals surface area (Å²) in [6.45, 7) is 3.62. The number of anilines is 1. The number of rotatable bonds is 5. The minimum absolute atomic E-state index is 0.163. The van der Waals surface area contributed by atoms with Gasteiger partial charge >= 0.3 is 0 Å². The van der Waals surface area contributed by atoms with Gasteiger partial charge in [-0.2, -0.15) is 0 Å². The largest absolute Gasteiger partial charge is 0.399 e. The molecule has 110 valence electrons. The molecule has 1 fully saturated rings. The summed E-state index contributed by atoms with van der Waals surface area (Å²) >= 11 is 1.82. The van der Waals surface area contributed by atoms with Gasteiger partial charge in [-0.3, -0.25) is 4.79 Å². The Morgan fingerprint density at radius 1 is 1.45 bits per heavy atom. The quantitative estimate of drug-likeness (QED) is 0.847. The molecule has 0 spiro atoms. The molecule has 3 nitrogen and oxygen atoms in total. The van der Waals surface area contributed by atoms with E-state index in [2.05, 4.69) is 6.92 Å². The van der Waals surface area contributed by atoms with Gasteiger partial charge in [-0.05, 0) is 42.7 Å². The van der Waals surface area contributed by atoms with E-state index < -0.39 is 0 Å². The first-order chi connectivity index (χ1) is 9.70. The van der Waals surface area contributed by atoms with Crippen LogP contribution in [0.1, 0.15) is 38.2 Å². The van der Waals surface area contributed by atoms with E-state index in [0.29, 0.717) is 12.5 Å². The van der Waals surface area contributed by atoms with Gasteiger partial charge in [-0.25, -0.2) is 0 Å². The van der Waals surface area contributed by atoms with E-state index in [-0.39, 0.29) is 5.25 Å². The van der Waals surface area contributed by atoms with Crippen molar-refractivity contribution in [1.82, 2.24) is 4.90 Å². The monoisotopic (exact) mass is 292 g/mol. The lowest BCUT2D eigenvalue weighted by Gasteiger charge is -2.29. The van der Waals surface area contributed by atoms with Crippen molar-refractivity contribution in [2.75, 3.05) is 18.0 Å². The standard InChI is InChI=1S/C16H24N2OS/c1-2-9-18(12-13-6-5-7-14(17)11-13)16(19)15-8-3-4-10-20-15/h5-7,11,15H,2-4,8-10,12,17H2,1H3. The fourth-order valence-corrected chi connectivity index (χ4v) is 3.87. The van der Waals surface area contributed by atoms with Gasteiger partial charge in [0, 0.05) is 18.8 Å². The van der Waals surface area contributed by atoms with Crippen molar-refractivity contribution in [3.63, 3.8) is 0 Å². The first kappa shape index (κ1) is 15.2. The number of nitrogen functional groups attached to an aromatic ring is 1. The van der Waals surface area contributed by atoms with Gasteiger partial charge in [0.2, 0.25) is 5.91 Å². The minimum Gasteiger partial charge on any atom is -0.399 e. The number of benzene rings is 1. The third kappa shape index (κ3) is 4.17. The maximum Gasteiger partial charge on any atom is 0.235 e. The Hall–Kier alpha value is -1.16. The van der Waals surface area contributed by atoms with Crippen molar-refractivity contribution in [2.24, 2.45) is 0 Å². The average molecular weight is 292 g/mol. The molecule has 1 amide bonds. The highest BCUT2D eigenvalue weighted by molar-refractivity contribution is 8.00. The Morgan fingerprint density at radius 2 is 2.30 bits per heavy atom. The molecule has 0 aromatic heterocycles. The second-order valence-electron chi connectivity index (χ2n) is 5.36. The fraction of sp³-hybridized carbons (Fsp3) is 0.562. The number of nitrogens with two attached hydrogens (primary N) is 1. The smallest absolute Gasteiger partial charge is 0.235 e. The lowest BCUT2D eigenvalue weighted by molar-refractivity contribution is -0.131. The highest BCUT2D eigenvalue weighted by Crippen LogP contribution is 2.27. The SMILES string of the molecule is CCCN(Cc1cccc(N)c1)C(=O)C1CCCCS1. The summed E-state index contributed by atoms with van der Waals surface area (Å²) in [5.41, 5.74) is 7.70. The van der Waals surface area contributed by atoms with E-state index >= 15 is 0 Å². The number of carbonyl (C=O) groups is 1. The summed E-state index contributed by atoms with van der Waals surface area (Å²) in [6, 6.07) is 7.84. The molecule has 4 heteroatoms. The van der Waals surface area contributed by atoms with Crippen LogP contribution in [0, 0.1) is 0 Å². The van der Waals surface area contributed by atoms with E-state index in [0.717, 1.165) is 36.4 Å². The van der Waals surface area contributed by atoms with Gasteiger partial charge in [-0.1, -0.05) is 25.5 Å². The molecule has 2 rings (SSSR count). The molecule has 0 saturated carbocycles. The molecule has 1 atom stereocenters. The third-order valence-corrected chi connectivity index (χ3v) is 4.95. The van der Waals surface area contributed by atoms with Crippen LogP contribution in [0.15, 0.2) is 24.3 Å². The Morgan fingerprint density at radius 3 is 2.95 bits per heavy atom. The molecule has 0 radical (unpaired) electrons. The van der Waals surface area contributed by atoms with E-state index in [4.69, 9.17) is 5.73 Å². The normalized spacial score (nSPS) is 18.8. The van der Waals surface area contributed by atoms with Crippen LogP contribution in [0.25, 0.3) is 0 Å². The summed E-state index contributed by atoms with van der Waals surface area (Å²) in [5.74, 6) is 1.42. The van der Waals surface area contributed by atoms with E-state index in [9.17, 15) is 4.79 Å². The first-order valence-corrected chi connectivity index (χ1v) is 8.50. The topological polar surface area (TPSA) is 46.3 Å². The van der Waals surface area contributed by atoms with Crippen molar-refractivity contribution in [3.05, 3.63) is 29.8 Å². The van der Waals surface area contributed by atoms with Gasteiger partial charge in [-0.15, -0.1) is 11.8 Å². The minimum atomic E-state index is 0.163. The number of hydrogen-bond acceptors (Lipinski definition) is 3. The van der Waals surface area contributed by atoms with Crippen molar-refractivity contribution < 1.29 is 4.79 Å². The highest BCUT2D eigenvalue weighted by atomic mass is 32.2. The number of hydrogen-bond donors (Lipinski definition) is 1. The van der Waals surface area contributed by atoms with E-state index in [1.807, 2.05) is 40.9 Å². The maximum atomic E-state index is 12.7. The van der Waals surface area contributed by atoms with Crippen molar-refractivity contribution in [3.8, 4) is 0 Å². The second kappa shape index (κ2) is 7.58. The second-order valence-corrected chi connectivity index (χ2v) is 6.67. The zero-order chi connectivity index (χ0) is 14.4. The Bertz CT molecular complexity index is 444. The third-order valence-electron chi connectivity index (χ3n) is 3.58. The molecule has 1 heterocycles. The van der Waals surface area contributed by atoms with Crippen molar-refractivity contribution >= 4 is 23.4 Å². The number of nitrogens with zero attached hydrogens (tertiary/aromatic N) is 1. The fourth-order valence-electron chi connectivity index (χ4n) is 2.59. The number of thioether (sulfide) groups is 1. The summed E-state index contributed by atoms with van der Waals surface area (Å²) in [5, 5.41) is 0.163. The van der Waals surface area contributed by atoms with Crippen LogP contribution >= 0.6 is 11.8 Å². The Kier molecular flexibility index (Phi) is 5.77. The Labute approximate surface area is 125 Å². The van der Waals surface area contributed by atoms with Crippen LogP contribution in [-0.4, -0.2) is 28.4 Å². The van der Waals surface area contributed by atoms with Crippen LogP contribution in [-0.2, 0) is 11.3 Å². The molecule has 0 aliphatic carbocycles.